The minimum absolute atomic E-state index is 0.214. The van der Waals surface area contributed by atoms with Crippen molar-refractivity contribution in [2.75, 3.05) is 13.1 Å². The summed E-state index contributed by atoms with van der Waals surface area (Å²) >= 11 is 0. The zero-order valence-electron chi connectivity index (χ0n) is 13.4. The molecule has 0 aliphatic carbocycles. The smallest absolute Gasteiger partial charge is 0.337 e. The van der Waals surface area contributed by atoms with Crippen LogP contribution < -0.4 is 0 Å². The van der Waals surface area contributed by atoms with Crippen LogP contribution in [0.2, 0.25) is 0 Å². The van der Waals surface area contributed by atoms with Gasteiger partial charge in [-0.3, -0.25) is 9.89 Å². The van der Waals surface area contributed by atoms with E-state index in [1.54, 1.807) is 24.9 Å². The first kappa shape index (κ1) is 16.5. The van der Waals surface area contributed by atoms with Crippen molar-refractivity contribution in [1.82, 2.24) is 24.6 Å². The zero-order valence-corrected chi connectivity index (χ0v) is 13.4. The average molecular weight is 341 g/mol. The molecule has 9 heteroatoms. The fourth-order valence-corrected chi connectivity index (χ4v) is 3.06. The van der Waals surface area contributed by atoms with Crippen LogP contribution in [0.4, 0.5) is 13.2 Å². The number of rotatable bonds is 2. The van der Waals surface area contributed by atoms with Gasteiger partial charge in [0, 0.05) is 37.9 Å². The second-order valence-electron chi connectivity index (χ2n) is 6.12. The summed E-state index contributed by atoms with van der Waals surface area (Å²) in [5.74, 6) is -0.0730. The zero-order chi connectivity index (χ0) is 17.5. The Bertz CT molecular complexity index is 749. The van der Waals surface area contributed by atoms with Crippen LogP contribution in [0.3, 0.4) is 0 Å². The third-order valence-electron chi connectivity index (χ3n) is 4.20. The van der Waals surface area contributed by atoms with Gasteiger partial charge in [0.05, 0.1) is 0 Å². The molecular formula is C15H18F3N5O. The largest absolute Gasteiger partial charge is 0.434 e. The minimum atomic E-state index is -4.47. The predicted molar refractivity (Wildman–Crippen MR) is 79.4 cm³/mol. The van der Waals surface area contributed by atoms with Crippen molar-refractivity contribution in [1.29, 1.82) is 0 Å². The molecule has 1 aliphatic heterocycles. The van der Waals surface area contributed by atoms with Gasteiger partial charge < -0.3 is 9.47 Å². The molecule has 24 heavy (non-hydrogen) atoms. The molecule has 0 aromatic carbocycles. The van der Waals surface area contributed by atoms with Gasteiger partial charge in [-0.25, -0.2) is 4.98 Å². The Morgan fingerprint density at radius 1 is 1.42 bits per heavy atom. The molecule has 3 rings (SSSR count). The van der Waals surface area contributed by atoms with Gasteiger partial charge in [0.15, 0.2) is 5.69 Å². The molecule has 1 atom stereocenters. The van der Waals surface area contributed by atoms with Crippen molar-refractivity contribution in [2.45, 2.75) is 31.9 Å². The number of halogens is 3. The Kier molecular flexibility index (Phi) is 4.10. The van der Waals surface area contributed by atoms with E-state index in [0.29, 0.717) is 37.4 Å². The first-order chi connectivity index (χ1) is 11.3. The lowest BCUT2D eigenvalue weighted by Crippen LogP contribution is -2.39. The van der Waals surface area contributed by atoms with Crippen LogP contribution in [-0.2, 0) is 13.2 Å². The number of likely N-dealkylation sites (tertiary alicyclic amines) is 1. The molecule has 0 spiro atoms. The highest BCUT2D eigenvalue weighted by molar-refractivity contribution is 5.92. The fourth-order valence-electron chi connectivity index (χ4n) is 3.06. The van der Waals surface area contributed by atoms with Gasteiger partial charge in [-0.15, -0.1) is 0 Å². The molecular weight excluding hydrogens is 323 g/mol. The van der Waals surface area contributed by atoms with E-state index in [2.05, 4.69) is 15.2 Å². The molecule has 0 radical (unpaired) electrons. The van der Waals surface area contributed by atoms with E-state index in [-0.39, 0.29) is 11.8 Å². The maximum Gasteiger partial charge on any atom is 0.434 e. The van der Waals surface area contributed by atoms with Gasteiger partial charge in [0.2, 0.25) is 0 Å². The number of amides is 1. The highest BCUT2D eigenvalue weighted by Crippen LogP contribution is 2.32. The van der Waals surface area contributed by atoms with Crippen LogP contribution >= 0.6 is 0 Å². The molecule has 2 aromatic heterocycles. The van der Waals surface area contributed by atoms with Crippen LogP contribution in [0.5, 0.6) is 0 Å². The number of nitrogens with zero attached hydrogens (tertiary/aromatic N) is 4. The molecule has 6 nitrogen and oxygen atoms in total. The van der Waals surface area contributed by atoms with Gasteiger partial charge in [-0.1, -0.05) is 0 Å². The highest BCUT2D eigenvalue weighted by atomic mass is 19.4. The molecule has 1 amide bonds. The van der Waals surface area contributed by atoms with E-state index >= 15 is 0 Å². The number of carbonyl (C=O) groups is 1. The van der Waals surface area contributed by atoms with E-state index in [9.17, 15) is 18.0 Å². The second kappa shape index (κ2) is 5.95. The molecule has 1 saturated heterocycles. The molecule has 1 aliphatic rings. The summed E-state index contributed by atoms with van der Waals surface area (Å²) in [6.07, 6.45) is -2.06. The second-order valence-corrected chi connectivity index (χ2v) is 6.12. The minimum Gasteiger partial charge on any atom is -0.337 e. The first-order valence-electron chi connectivity index (χ1n) is 7.67. The number of aromatic amines is 1. The van der Waals surface area contributed by atoms with E-state index in [0.717, 1.165) is 11.9 Å². The van der Waals surface area contributed by atoms with Crippen molar-refractivity contribution in [3.63, 3.8) is 0 Å². The number of aromatic nitrogens is 4. The Labute approximate surface area is 136 Å². The normalized spacial score (nSPS) is 18.9. The van der Waals surface area contributed by atoms with Crippen LogP contribution in [-0.4, -0.2) is 43.6 Å². The number of aryl methyl sites for hydroxylation is 2. The van der Waals surface area contributed by atoms with Gasteiger partial charge >= 0.3 is 6.18 Å². The standard InChI is InChI=1S/C15H18F3N5O/c1-9-6-11(21-20-9)14(24)23-5-3-4-10(7-23)13-19-12(8-22(13)2)15(16,17)18/h6,8,10H,3-5,7H2,1-2H3,(H,20,21)/t10-/m1/s1. The van der Waals surface area contributed by atoms with Crippen LogP contribution in [0, 0.1) is 6.92 Å². The maximum absolute atomic E-state index is 12.8. The summed E-state index contributed by atoms with van der Waals surface area (Å²) < 4.78 is 39.9. The van der Waals surface area contributed by atoms with Crippen LogP contribution in [0.1, 0.15) is 46.5 Å². The van der Waals surface area contributed by atoms with Crippen molar-refractivity contribution < 1.29 is 18.0 Å². The topological polar surface area (TPSA) is 66.8 Å². The maximum atomic E-state index is 12.8. The number of imidazole rings is 1. The fraction of sp³-hybridized carbons (Fsp3) is 0.533. The summed E-state index contributed by atoms with van der Waals surface area (Å²) in [7, 11) is 1.55. The number of H-pyrrole nitrogens is 1. The number of hydrogen-bond acceptors (Lipinski definition) is 3. The number of piperidine rings is 1. The van der Waals surface area contributed by atoms with Gasteiger partial charge in [0.1, 0.15) is 11.5 Å². The molecule has 0 unspecified atom stereocenters. The lowest BCUT2D eigenvalue weighted by Gasteiger charge is -2.32. The first-order valence-corrected chi connectivity index (χ1v) is 7.67. The highest BCUT2D eigenvalue weighted by Gasteiger charge is 2.36. The monoisotopic (exact) mass is 341 g/mol. The summed E-state index contributed by atoms with van der Waals surface area (Å²) in [5.41, 5.74) is 0.209. The molecule has 3 heterocycles. The molecule has 1 N–H and O–H groups in total. The van der Waals surface area contributed by atoms with E-state index in [1.807, 2.05) is 0 Å². The predicted octanol–water partition coefficient (Wildman–Crippen LogP) is 2.49. The quantitative estimate of drug-likeness (QED) is 0.913. The van der Waals surface area contributed by atoms with E-state index in [1.165, 1.54) is 4.57 Å². The summed E-state index contributed by atoms with van der Waals surface area (Å²) in [6, 6.07) is 1.66. The number of nitrogens with one attached hydrogen (secondary N) is 1. The molecule has 0 bridgehead atoms. The van der Waals surface area contributed by atoms with Crippen molar-refractivity contribution >= 4 is 5.91 Å². The van der Waals surface area contributed by atoms with Gasteiger partial charge in [0.25, 0.3) is 5.91 Å². The Balaban J connectivity index is 1.79. The van der Waals surface area contributed by atoms with Crippen molar-refractivity contribution in [3.05, 3.63) is 35.2 Å². The lowest BCUT2D eigenvalue weighted by molar-refractivity contribution is -0.141. The summed E-state index contributed by atoms with van der Waals surface area (Å²) in [4.78, 5) is 17.9. The van der Waals surface area contributed by atoms with Gasteiger partial charge in [-0.05, 0) is 25.8 Å². The lowest BCUT2D eigenvalue weighted by atomic mass is 9.97. The third kappa shape index (κ3) is 3.15. The van der Waals surface area contributed by atoms with Crippen LogP contribution in [0.25, 0.3) is 0 Å². The summed E-state index contributed by atoms with van der Waals surface area (Å²) in [6.45, 7) is 2.71. The Morgan fingerprint density at radius 2 is 2.17 bits per heavy atom. The average Bonchev–Trinajstić information content (AvgIpc) is 3.12. The van der Waals surface area contributed by atoms with Crippen molar-refractivity contribution in [3.8, 4) is 0 Å². The van der Waals surface area contributed by atoms with Gasteiger partial charge in [-0.2, -0.15) is 18.3 Å². The number of alkyl halides is 3. The Morgan fingerprint density at radius 3 is 2.75 bits per heavy atom. The molecule has 0 saturated carbocycles. The molecule has 1 fully saturated rings. The SMILES string of the molecule is Cc1cc(C(=O)N2CCC[C@@H](c3nc(C(F)(F)F)cn3C)C2)n[nH]1. The van der Waals surface area contributed by atoms with E-state index < -0.39 is 11.9 Å². The van der Waals surface area contributed by atoms with Crippen molar-refractivity contribution in [2.24, 2.45) is 7.05 Å². The summed E-state index contributed by atoms with van der Waals surface area (Å²) in [5, 5.41) is 6.68. The number of hydrogen-bond donors (Lipinski definition) is 1. The van der Waals surface area contributed by atoms with E-state index in [4.69, 9.17) is 0 Å². The molecule has 2 aromatic rings. The molecule has 130 valence electrons. The van der Waals surface area contributed by atoms with Crippen LogP contribution in [0.15, 0.2) is 12.3 Å². The number of carbonyl (C=O) groups excluding carboxylic acids is 1. The Hall–Kier alpha value is -2.32. The third-order valence-corrected chi connectivity index (χ3v) is 4.20.